The van der Waals surface area contributed by atoms with Gasteiger partial charge in [-0.05, 0) is 47.4 Å². The fourth-order valence-electron chi connectivity index (χ4n) is 5.45. The lowest BCUT2D eigenvalue weighted by Gasteiger charge is -2.18. The molecule has 0 bridgehead atoms. The Morgan fingerprint density at radius 2 is 1.61 bits per heavy atom. The number of fused-ring (bicyclic) bond motifs is 1. The normalized spacial score (nSPS) is 25.6. The highest BCUT2D eigenvalue weighted by molar-refractivity contribution is 5.85. The van der Waals surface area contributed by atoms with Crippen LogP contribution in [0.5, 0.6) is 0 Å². The van der Waals surface area contributed by atoms with Crippen molar-refractivity contribution in [2.24, 2.45) is 11.8 Å². The first-order valence-corrected chi connectivity index (χ1v) is 11.2. The third kappa shape index (κ3) is 5.71. The molecule has 3 nitrogen and oxygen atoms in total. The van der Waals surface area contributed by atoms with Crippen molar-refractivity contribution in [3.63, 3.8) is 0 Å². The minimum absolute atomic E-state index is 0. The number of β-amino-alcohol motifs (C(OH)–C–C–N with tert-alkyl or cyclic N) is 1. The molecule has 0 aromatic heterocycles. The van der Waals surface area contributed by atoms with Crippen LogP contribution in [0.4, 0.5) is 0 Å². The summed E-state index contributed by atoms with van der Waals surface area (Å²) in [7, 11) is 0. The molecular weight excluding hydrogens is 427 g/mol. The van der Waals surface area contributed by atoms with Crippen molar-refractivity contribution in [1.29, 1.82) is 0 Å². The molecule has 1 N–H and O–H groups in total. The molecule has 0 spiro atoms. The van der Waals surface area contributed by atoms with Crippen LogP contribution >= 0.6 is 24.8 Å². The van der Waals surface area contributed by atoms with Crippen molar-refractivity contribution in [3.05, 3.63) is 77.4 Å². The lowest BCUT2D eigenvalue weighted by molar-refractivity contribution is 0.177. The van der Waals surface area contributed by atoms with Gasteiger partial charge in [-0.25, -0.2) is 0 Å². The molecule has 2 fully saturated rings. The van der Waals surface area contributed by atoms with Crippen molar-refractivity contribution in [3.8, 4) is 0 Å². The first kappa shape index (κ1) is 24.3. The Morgan fingerprint density at radius 1 is 0.839 bits per heavy atom. The molecule has 2 aromatic rings. The number of halogens is 2. The van der Waals surface area contributed by atoms with Crippen LogP contribution in [-0.4, -0.2) is 53.7 Å². The van der Waals surface area contributed by atoms with E-state index in [1.807, 2.05) is 0 Å². The Labute approximate surface area is 199 Å². The van der Waals surface area contributed by atoms with Gasteiger partial charge >= 0.3 is 0 Å². The first-order valence-electron chi connectivity index (χ1n) is 11.2. The Morgan fingerprint density at radius 3 is 2.32 bits per heavy atom. The third-order valence-corrected chi connectivity index (χ3v) is 7.06. The summed E-state index contributed by atoms with van der Waals surface area (Å²) in [6.45, 7) is 6.41. The summed E-state index contributed by atoms with van der Waals surface area (Å²) in [6, 6.07) is 20.2. The van der Waals surface area contributed by atoms with E-state index in [4.69, 9.17) is 0 Å². The Balaban J connectivity index is 0.00000136. The number of benzene rings is 2. The molecule has 2 aromatic carbocycles. The van der Waals surface area contributed by atoms with E-state index in [0.29, 0.717) is 5.92 Å². The van der Waals surface area contributed by atoms with Gasteiger partial charge in [0.1, 0.15) is 0 Å². The van der Waals surface area contributed by atoms with Gasteiger partial charge in [0, 0.05) is 45.2 Å². The lowest BCUT2D eigenvalue weighted by atomic mass is 9.90. The molecule has 3 aliphatic rings. The Kier molecular flexibility index (Phi) is 8.60. The van der Waals surface area contributed by atoms with Crippen LogP contribution in [0.15, 0.2) is 60.7 Å². The summed E-state index contributed by atoms with van der Waals surface area (Å²) in [5, 5.41) is 9.68. The second-order valence-electron chi connectivity index (χ2n) is 9.13. The maximum absolute atomic E-state index is 9.68. The smallest absolute Gasteiger partial charge is 0.0679 e. The zero-order valence-electron chi connectivity index (χ0n) is 18.0. The van der Waals surface area contributed by atoms with Crippen LogP contribution in [-0.2, 0) is 13.0 Å². The average Bonchev–Trinajstić information content (AvgIpc) is 3.43. The molecule has 3 unspecified atom stereocenters. The first-order chi connectivity index (χ1) is 14.2. The van der Waals surface area contributed by atoms with E-state index >= 15 is 0 Å². The van der Waals surface area contributed by atoms with Gasteiger partial charge in [0.15, 0.2) is 0 Å². The van der Waals surface area contributed by atoms with Crippen molar-refractivity contribution >= 4 is 30.4 Å². The van der Waals surface area contributed by atoms with Crippen molar-refractivity contribution in [1.82, 2.24) is 9.80 Å². The van der Waals surface area contributed by atoms with Crippen molar-refractivity contribution in [2.45, 2.75) is 31.9 Å². The number of aliphatic hydroxyl groups excluding tert-OH is 1. The molecule has 0 amide bonds. The van der Waals surface area contributed by atoms with Gasteiger partial charge in [0.05, 0.1) is 6.10 Å². The predicted molar refractivity (Wildman–Crippen MR) is 133 cm³/mol. The second-order valence-corrected chi connectivity index (χ2v) is 9.13. The van der Waals surface area contributed by atoms with E-state index in [2.05, 4.69) is 70.5 Å². The van der Waals surface area contributed by atoms with Gasteiger partial charge in [-0.3, -0.25) is 4.90 Å². The van der Waals surface area contributed by atoms with Gasteiger partial charge in [-0.15, -0.1) is 24.8 Å². The zero-order valence-corrected chi connectivity index (χ0v) is 19.7. The number of allylic oxidation sites excluding steroid dienone is 1. The van der Waals surface area contributed by atoms with Crippen LogP contribution in [0.25, 0.3) is 5.57 Å². The third-order valence-electron chi connectivity index (χ3n) is 7.06. The zero-order chi connectivity index (χ0) is 19.6. The highest BCUT2D eigenvalue weighted by Gasteiger charge is 2.38. The maximum atomic E-state index is 9.68. The minimum atomic E-state index is -0.118. The van der Waals surface area contributed by atoms with Crippen LogP contribution in [0.3, 0.4) is 0 Å². The number of hydrogen-bond acceptors (Lipinski definition) is 3. The molecule has 1 aliphatic carbocycles. The van der Waals surface area contributed by atoms with E-state index in [0.717, 1.165) is 44.9 Å². The van der Waals surface area contributed by atoms with Gasteiger partial charge < -0.3 is 10.0 Å². The summed E-state index contributed by atoms with van der Waals surface area (Å²) in [4.78, 5) is 5.01. The molecule has 2 heterocycles. The quantitative estimate of drug-likeness (QED) is 0.677. The molecular formula is C26H34Cl2N2O. The highest BCUT2D eigenvalue weighted by Crippen LogP contribution is 2.43. The second kappa shape index (κ2) is 11.0. The summed E-state index contributed by atoms with van der Waals surface area (Å²) in [5.41, 5.74) is 5.81. The SMILES string of the molecule is Cl.Cl.OC1CCN(CCc2ccc(C3=CCC4CN(Cc5ccccc5)CC34)cc2)C1. The van der Waals surface area contributed by atoms with Crippen LogP contribution in [0.2, 0.25) is 0 Å². The van der Waals surface area contributed by atoms with Crippen molar-refractivity contribution < 1.29 is 5.11 Å². The fraction of sp³-hybridized carbons (Fsp3) is 0.462. The minimum Gasteiger partial charge on any atom is -0.392 e. The van der Waals surface area contributed by atoms with Crippen LogP contribution in [0.1, 0.15) is 29.5 Å². The van der Waals surface area contributed by atoms with E-state index in [-0.39, 0.29) is 30.9 Å². The number of likely N-dealkylation sites (tertiary alicyclic amines) is 2. The molecule has 0 saturated carbocycles. The molecule has 5 rings (SSSR count). The molecule has 168 valence electrons. The van der Waals surface area contributed by atoms with Gasteiger partial charge in [-0.1, -0.05) is 60.7 Å². The van der Waals surface area contributed by atoms with Crippen molar-refractivity contribution in [2.75, 3.05) is 32.7 Å². The lowest BCUT2D eigenvalue weighted by Crippen LogP contribution is -2.24. The number of aliphatic hydroxyl groups is 1. The number of rotatable bonds is 6. The van der Waals surface area contributed by atoms with E-state index in [1.165, 1.54) is 36.2 Å². The fourth-order valence-corrected chi connectivity index (χ4v) is 5.45. The van der Waals surface area contributed by atoms with Gasteiger partial charge in [-0.2, -0.15) is 0 Å². The number of hydrogen-bond donors (Lipinski definition) is 1. The molecule has 2 aliphatic heterocycles. The summed E-state index contributed by atoms with van der Waals surface area (Å²) < 4.78 is 0. The summed E-state index contributed by atoms with van der Waals surface area (Å²) >= 11 is 0. The average molecular weight is 461 g/mol. The largest absolute Gasteiger partial charge is 0.392 e. The van der Waals surface area contributed by atoms with E-state index < -0.39 is 0 Å². The van der Waals surface area contributed by atoms with Crippen LogP contribution in [0, 0.1) is 11.8 Å². The molecule has 3 atom stereocenters. The van der Waals surface area contributed by atoms with Crippen LogP contribution < -0.4 is 0 Å². The Hall–Kier alpha value is -1.36. The van der Waals surface area contributed by atoms with Gasteiger partial charge in [0.2, 0.25) is 0 Å². The topological polar surface area (TPSA) is 26.7 Å². The summed E-state index contributed by atoms with van der Waals surface area (Å²) in [6.07, 6.45) is 5.60. The van der Waals surface area contributed by atoms with E-state index in [9.17, 15) is 5.11 Å². The van der Waals surface area contributed by atoms with Gasteiger partial charge in [0.25, 0.3) is 0 Å². The molecule has 31 heavy (non-hydrogen) atoms. The number of nitrogens with zero attached hydrogens (tertiary/aromatic N) is 2. The Bertz CT molecular complexity index is 855. The molecule has 5 heteroatoms. The highest BCUT2D eigenvalue weighted by atomic mass is 35.5. The molecule has 0 radical (unpaired) electrons. The van der Waals surface area contributed by atoms with E-state index in [1.54, 1.807) is 5.57 Å². The maximum Gasteiger partial charge on any atom is 0.0679 e. The predicted octanol–water partition coefficient (Wildman–Crippen LogP) is 4.67. The standard InChI is InChI=1S/C26H32N2O.2ClH/c29-24-13-15-27(18-24)14-12-20-6-8-22(9-7-20)25-11-10-23-17-28(19-26(23)25)16-21-4-2-1-3-5-21;;/h1-9,11,23-24,26,29H,10,12-19H2;2*1H. The summed E-state index contributed by atoms with van der Waals surface area (Å²) in [5.74, 6) is 1.48. The monoisotopic (exact) mass is 460 g/mol. The molecule has 2 saturated heterocycles.